The normalized spacial score (nSPS) is 15.5. The lowest BCUT2D eigenvalue weighted by atomic mass is 10.1. The molecule has 0 aromatic rings. The van der Waals surface area contributed by atoms with Crippen LogP contribution in [-0.2, 0) is 9.84 Å². The summed E-state index contributed by atoms with van der Waals surface area (Å²) >= 11 is 3.37. The summed E-state index contributed by atoms with van der Waals surface area (Å²) in [5.41, 5.74) is 0. The summed E-state index contributed by atoms with van der Waals surface area (Å²) in [7, 11) is -2.96. The lowest BCUT2D eigenvalue weighted by Gasteiger charge is -2.22. The molecule has 0 bridgehead atoms. The van der Waals surface area contributed by atoms with Gasteiger partial charge in [-0.15, -0.1) is 0 Å². The van der Waals surface area contributed by atoms with E-state index < -0.39 is 14.6 Å². The molecule has 1 unspecified atom stereocenters. The van der Waals surface area contributed by atoms with Crippen LogP contribution in [0.15, 0.2) is 0 Å². The van der Waals surface area contributed by atoms with Gasteiger partial charge in [0.1, 0.15) is 0 Å². The third kappa shape index (κ3) is 4.30. The van der Waals surface area contributed by atoms with E-state index in [-0.39, 0.29) is 5.92 Å². The zero-order valence-corrected chi connectivity index (χ0v) is 11.9. The number of halogens is 1. The van der Waals surface area contributed by atoms with Gasteiger partial charge < -0.3 is 0 Å². The molecule has 0 saturated carbocycles. The Labute approximate surface area is 96.5 Å². The van der Waals surface area contributed by atoms with Crippen LogP contribution in [0.2, 0.25) is 0 Å². The molecular weight excluding hydrogens is 264 g/mol. The third-order valence-electron chi connectivity index (χ3n) is 2.30. The fourth-order valence-corrected chi connectivity index (χ4v) is 3.43. The van der Waals surface area contributed by atoms with E-state index in [4.69, 9.17) is 0 Å². The van der Waals surface area contributed by atoms with E-state index in [1.54, 1.807) is 20.8 Å². The molecule has 0 aliphatic heterocycles. The molecule has 0 aliphatic rings. The minimum Gasteiger partial charge on any atom is -0.228 e. The zero-order valence-electron chi connectivity index (χ0n) is 9.51. The second-order valence-corrected chi connectivity index (χ2v) is 8.14. The average molecular weight is 285 g/mol. The molecule has 0 N–H and O–H groups in total. The van der Waals surface area contributed by atoms with E-state index in [1.165, 1.54) is 0 Å². The summed E-state index contributed by atoms with van der Waals surface area (Å²) in [6.07, 6.45) is 2.01. The van der Waals surface area contributed by atoms with E-state index in [0.29, 0.717) is 5.75 Å². The first-order chi connectivity index (χ1) is 6.24. The molecule has 0 radical (unpaired) electrons. The van der Waals surface area contributed by atoms with Crippen molar-refractivity contribution in [3.63, 3.8) is 0 Å². The fraction of sp³-hybridized carbons (Fsp3) is 1.00. The Balaban J connectivity index is 4.49. The maximum absolute atomic E-state index is 11.9. The van der Waals surface area contributed by atoms with Crippen molar-refractivity contribution in [1.82, 2.24) is 0 Å². The minimum atomic E-state index is -2.96. The van der Waals surface area contributed by atoms with Crippen molar-refractivity contribution in [3.05, 3.63) is 0 Å². The van der Waals surface area contributed by atoms with Crippen LogP contribution in [0.1, 0.15) is 40.5 Å². The third-order valence-corrected chi connectivity index (χ3v) is 6.00. The molecule has 0 amide bonds. The Morgan fingerprint density at radius 3 is 2.07 bits per heavy atom. The van der Waals surface area contributed by atoms with E-state index in [9.17, 15) is 8.42 Å². The van der Waals surface area contributed by atoms with Crippen LogP contribution < -0.4 is 0 Å². The van der Waals surface area contributed by atoms with Gasteiger partial charge in [0.2, 0.25) is 0 Å². The van der Waals surface area contributed by atoms with Gasteiger partial charge in [0.05, 0.1) is 10.5 Å². The molecule has 0 aromatic carbocycles. The predicted molar refractivity (Wildman–Crippen MR) is 65.7 cm³/mol. The van der Waals surface area contributed by atoms with Crippen LogP contribution in [0.25, 0.3) is 0 Å². The first-order valence-electron chi connectivity index (χ1n) is 5.03. The predicted octanol–water partition coefficient (Wildman–Crippen LogP) is 3.01. The summed E-state index contributed by atoms with van der Waals surface area (Å²) in [5, 5.41) is 0.774. The van der Waals surface area contributed by atoms with Gasteiger partial charge >= 0.3 is 0 Å². The molecule has 2 nitrogen and oxygen atoms in total. The highest BCUT2D eigenvalue weighted by molar-refractivity contribution is 9.09. The number of hydrogen-bond donors (Lipinski definition) is 0. The van der Waals surface area contributed by atoms with E-state index in [1.807, 2.05) is 0 Å². The second-order valence-electron chi connectivity index (χ2n) is 4.70. The van der Waals surface area contributed by atoms with E-state index in [0.717, 1.165) is 18.2 Å². The van der Waals surface area contributed by atoms with Crippen molar-refractivity contribution in [3.8, 4) is 0 Å². The Bertz CT molecular complexity index is 252. The van der Waals surface area contributed by atoms with Gasteiger partial charge in [-0.2, -0.15) is 0 Å². The molecule has 14 heavy (non-hydrogen) atoms. The molecule has 0 aliphatic carbocycles. The summed E-state index contributed by atoms with van der Waals surface area (Å²) < 4.78 is 23.1. The molecule has 86 valence electrons. The lowest BCUT2D eigenvalue weighted by molar-refractivity contribution is 0.528. The molecular formula is C10H21BrO2S. The quantitative estimate of drug-likeness (QED) is 0.728. The Hall–Kier alpha value is 0.430. The van der Waals surface area contributed by atoms with Gasteiger partial charge in [-0.25, -0.2) is 8.42 Å². The first-order valence-corrected chi connectivity index (χ1v) is 7.80. The lowest BCUT2D eigenvalue weighted by Crippen LogP contribution is -2.33. The fourth-order valence-electron chi connectivity index (χ4n) is 1.17. The topological polar surface area (TPSA) is 34.1 Å². The SMILES string of the molecule is CCCC(CBr)CS(=O)(=O)C(C)(C)C. The Morgan fingerprint density at radius 1 is 1.29 bits per heavy atom. The standard InChI is InChI=1S/C10H21BrO2S/c1-5-6-9(7-11)8-14(12,13)10(2,3)4/h9H,5-8H2,1-4H3. The maximum atomic E-state index is 11.9. The van der Waals surface area contributed by atoms with Gasteiger partial charge in [-0.1, -0.05) is 29.3 Å². The summed E-state index contributed by atoms with van der Waals surface area (Å²) in [5.74, 6) is 0.555. The van der Waals surface area contributed by atoms with Crippen LogP contribution in [0, 0.1) is 5.92 Å². The highest BCUT2D eigenvalue weighted by Gasteiger charge is 2.30. The Morgan fingerprint density at radius 2 is 1.79 bits per heavy atom. The number of rotatable bonds is 5. The summed E-state index contributed by atoms with van der Waals surface area (Å²) in [6, 6.07) is 0. The average Bonchev–Trinajstić information content (AvgIpc) is 2.01. The van der Waals surface area contributed by atoms with Crippen molar-refractivity contribution in [2.45, 2.75) is 45.3 Å². The van der Waals surface area contributed by atoms with Crippen molar-refractivity contribution in [2.75, 3.05) is 11.1 Å². The van der Waals surface area contributed by atoms with Crippen LogP contribution >= 0.6 is 15.9 Å². The number of sulfone groups is 1. The molecule has 1 atom stereocenters. The molecule has 0 heterocycles. The van der Waals surface area contributed by atoms with Crippen molar-refractivity contribution in [1.29, 1.82) is 0 Å². The highest BCUT2D eigenvalue weighted by atomic mass is 79.9. The molecule has 0 fully saturated rings. The monoisotopic (exact) mass is 284 g/mol. The highest BCUT2D eigenvalue weighted by Crippen LogP contribution is 2.21. The molecule has 0 spiro atoms. The Kier molecular flexibility index (Phi) is 5.67. The molecule has 4 heteroatoms. The van der Waals surface area contributed by atoms with Crippen molar-refractivity contribution < 1.29 is 8.42 Å². The van der Waals surface area contributed by atoms with Crippen molar-refractivity contribution in [2.24, 2.45) is 5.92 Å². The number of hydrogen-bond acceptors (Lipinski definition) is 2. The second kappa shape index (κ2) is 5.50. The minimum absolute atomic E-state index is 0.254. The number of alkyl halides is 1. The van der Waals surface area contributed by atoms with Crippen LogP contribution in [0.5, 0.6) is 0 Å². The van der Waals surface area contributed by atoms with Crippen molar-refractivity contribution >= 4 is 25.8 Å². The van der Waals surface area contributed by atoms with Gasteiger partial charge in [0.25, 0.3) is 0 Å². The van der Waals surface area contributed by atoms with Crippen LogP contribution in [0.4, 0.5) is 0 Å². The van der Waals surface area contributed by atoms with Gasteiger partial charge in [-0.3, -0.25) is 0 Å². The van der Waals surface area contributed by atoms with Gasteiger partial charge in [0.15, 0.2) is 9.84 Å². The molecule has 0 aromatic heterocycles. The van der Waals surface area contributed by atoms with E-state index >= 15 is 0 Å². The molecule has 0 saturated heterocycles. The first kappa shape index (κ1) is 14.4. The van der Waals surface area contributed by atoms with Gasteiger partial charge in [-0.05, 0) is 33.1 Å². The van der Waals surface area contributed by atoms with Gasteiger partial charge in [0, 0.05) is 5.33 Å². The summed E-state index contributed by atoms with van der Waals surface area (Å²) in [6.45, 7) is 7.37. The zero-order chi connectivity index (χ0) is 11.4. The molecule has 0 rings (SSSR count). The van der Waals surface area contributed by atoms with Crippen LogP contribution in [0.3, 0.4) is 0 Å². The largest absolute Gasteiger partial charge is 0.228 e. The van der Waals surface area contributed by atoms with Crippen LogP contribution in [-0.4, -0.2) is 24.2 Å². The van der Waals surface area contributed by atoms with E-state index in [2.05, 4.69) is 22.9 Å². The summed E-state index contributed by atoms with van der Waals surface area (Å²) in [4.78, 5) is 0. The maximum Gasteiger partial charge on any atom is 0.155 e. The smallest absolute Gasteiger partial charge is 0.155 e.